The molecule has 2 atom stereocenters. The Morgan fingerprint density at radius 1 is 1.19 bits per heavy atom. The van der Waals surface area contributed by atoms with Crippen LogP contribution in [0.3, 0.4) is 0 Å². The fourth-order valence-electron chi connectivity index (χ4n) is 3.25. The molecule has 0 fully saturated rings. The summed E-state index contributed by atoms with van der Waals surface area (Å²) in [5.41, 5.74) is 0.612. The molecule has 7 nitrogen and oxygen atoms in total. The van der Waals surface area contributed by atoms with Crippen molar-refractivity contribution in [1.29, 1.82) is 0 Å². The Labute approximate surface area is 152 Å². The number of aromatic nitrogens is 6. The van der Waals surface area contributed by atoms with Gasteiger partial charge in [-0.05, 0) is 30.7 Å². The summed E-state index contributed by atoms with van der Waals surface area (Å²) in [7, 11) is 0. The Hall–Kier alpha value is -3.36. The van der Waals surface area contributed by atoms with Gasteiger partial charge in [-0.3, -0.25) is 9.08 Å². The predicted molar refractivity (Wildman–Crippen MR) is 93.3 cm³/mol. The van der Waals surface area contributed by atoms with E-state index in [-0.39, 0.29) is 17.8 Å². The van der Waals surface area contributed by atoms with E-state index in [0.29, 0.717) is 5.52 Å². The number of halogens is 2. The summed E-state index contributed by atoms with van der Waals surface area (Å²) in [6.07, 6.45) is 6.10. The van der Waals surface area contributed by atoms with Crippen LogP contribution in [0.15, 0.2) is 60.2 Å². The summed E-state index contributed by atoms with van der Waals surface area (Å²) in [5, 5.41) is 8.31. The molecule has 0 saturated heterocycles. The van der Waals surface area contributed by atoms with Crippen LogP contribution in [0.1, 0.15) is 24.4 Å². The molecule has 3 heterocycles. The molecule has 4 rings (SSSR count). The van der Waals surface area contributed by atoms with Crippen LogP contribution in [-0.2, 0) is 6.54 Å². The largest absolute Gasteiger partial charge is 0.349 e. The van der Waals surface area contributed by atoms with Gasteiger partial charge in [-0.2, -0.15) is 10.2 Å². The molecule has 0 aliphatic rings. The summed E-state index contributed by atoms with van der Waals surface area (Å²) in [6, 6.07) is 6.43. The van der Waals surface area contributed by atoms with Crippen LogP contribution in [0.2, 0.25) is 0 Å². The Morgan fingerprint density at radius 3 is 2.78 bits per heavy atom. The number of fused-ring (bicyclic) bond motifs is 1. The van der Waals surface area contributed by atoms with Crippen molar-refractivity contribution in [3.05, 3.63) is 83.1 Å². The van der Waals surface area contributed by atoms with Crippen LogP contribution in [0.25, 0.3) is 5.52 Å². The van der Waals surface area contributed by atoms with Gasteiger partial charge >= 0.3 is 5.69 Å². The number of nitrogens with zero attached hydrogens (tertiary/aromatic N) is 6. The summed E-state index contributed by atoms with van der Waals surface area (Å²) >= 11 is 0. The van der Waals surface area contributed by atoms with Gasteiger partial charge in [0.05, 0.1) is 24.3 Å². The van der Waals surface area contributed by atoms with Gasteiger partial charge in [0, 0.05) is 18.2 Å². The van der Waals surface area contributed by atoms with Crippen molar-refractivity contribution in [2.45, 2.75) is 25.4 Å². The molecule has 0 saturated carbocycles. The lowest BCUT2D eigenvalue weighted by Crippen LogP contribution is -2.34. The zero-order valence-electron chi connectivity index (χ0n) is 14.4. The zero-order chi connectivity index (χ0) is 19.0. The fourth-order valence-corrected chi connectivity index (χ4v) is 3.25. The summed E-state index contributed by atoms with van der Waals surface area (Å²) in [6.45, 7) is 2.02. The maximum absolute atomic E-state index is 14.5. The van der Waals surface area contributed by atoms with Crippen molar-refractivity contribution in [3.63, 3.8) is 0 Å². The summed E-state index contributed by atoms with van der Waals surface area (Å²) in [4.78, 5) is 16.7. The molecule has 9 heteroatoms. The van der Waals surface area contributed by atoms with Crippen molar-refractivity contribution in [3.8, 4) is 0 Å². The minimum atomic E-state index is -0.679. The van der Waals surface area contributed by atoms with E-state index in [2.05, 4.69) is 15.2 Å². The van der Waals surface area contributed by atoms with Gasteiger partial charge in [0.1, 0.15) is 24.3 Å². The second-order valence-corrected chi connectivity index (χ2v) is 6.31. The molecule has 0 radical (unpaired) electrons. The molecular weight excluding hydrogens is 354 g/mol. The van der Waals surface area contributed by atoms with Gasteiger partial charge in [0.15, 0.2) is 0 Å². The van der Waals surface area contributed by atoms with Crippen LogP contribution in [0.5, 0.6) is 0 Å². The first kappa shape index (κ1) is 17.1. The highest BCUT2D eigenvalue weighted by Gasteiger charge is 2.27. The molecule has 0 spiro atoms. The molecule has 4 aromatic rings. The van der Waals surface area contributed by atoms with Crippen molar-refractivity contribution in [2.24, 2.45) is 0 Å². The predicted octanol–water partition coefficient (Wildman–Crippen LogP) is 2.41. The van der Waals surface area contributed by atoms with E-state index < -0.39 is 23.6 Å². The van der Waals surface area contributed by atoms with Crippen LogP contribution < -0.4 is 5.69 Å². The van der Waals surface area contributed by atoms with Crippen LogP contribution in [0.4, 0.5) is 8.78 Å². The second kappa shape index (κ2) is 6.75. The fraction of sp³-hybridized carbons (Fsp3) is 0.222. The molecule has 27 heavy (non-hydrogen) atoms. The minimum Gasteiger partial charge on any atom is -0.267 e. The van der Waals surface area contributed by atoms with E-state index in [1.165, 1.54) is 33.9 Å². The molecule has 138 valence electrons. The normalized spacial score (nSPS) is 13.7. The van der Waals surface area contributed by atoms with E-state index in [4.69, 9.17) is 0 Å². The monoisotopic (exact) mass is 370 g/mol. The number of hydrogen-bond acceptors (Lipinski definition) is 4. The van der Waals surface area contributed by atoms with Gasteiger partial charge < -0.3 is 0 Å². The highest BCUT2D eigenvalue weighted by molar-refractivity contribution is 5.43. The first-order valence-corrected chi connectivity index (χ1v) is 8.37. The van der Waals surface area contributed by atoms with Gasteiger partial charge in [-0.25, -0.2) is 23.2 Å². The summed E-state index contributed by atoms with van der Waals surface area (Å²) < 4.78 is 32.2. The van der Waals surface area contributed by atoms with Crippen molar-refractivity contribution in [1.82, 2.24) is 28.9 Å². The molecule has 0 bridgehead atoms. The Kier molecular flexibility index (Phi) is 4.27. The van der Waals surface area contributed by atoms with Crippen molar-refractivity contribution >= 4 is 5.52 Å². The molecule has 0 aliphatic carbocycles. The Bertz CT molecular complexity index is 1130. The summed E-state index contributed by atoms with van der Waals surface area (Å²) in [5.74, 6) is -1.86. The molecule has 3 aromatic heterocycles. The third-order valence-corrected chi connectivity index (χ3v) is 4.68. The van der Waals surface area contributed by atoms with Crippen molar-refractivity contribution in [2.75, 3.05) is 0 Å². The minimum absolute atomic E-state index is 0.252. The zero-order valence-corrected chi connectivity index (χ0v) is 14.4. The smallest absolute Gasteiger partial charge is 0.267 e. The number of hydrogen-bond donors (Lipinski definition) is 0. The second-order valence-electron chi connectivity index (χ2n) is 6.31. The first-order chi connectivity index (χ1) is 13.0. The first-order valence-electron chi connectivity index (χ1n) is 8.37. The highest BCUT2D eigenvalue weighted by Crippen LogP contribution is 2.31. The SMILES string of the molecule is CC(C(Cn1cncn1)c1ccc(F)cc1F)n1ncc2cccn2c1=O. The average molecular weight is 370 g/mol. The quantitative estimate of drug-likeness (QED) is 0.541. The topological polar surface area (TPSA) is 70.0 Å². The molecule has 0 N–H and O–H groups in total. The van der Waals surface area contributed by atoms with Gasteiger partial charge in [0.25, 0.3) is 0 Å². The lowest BCUT2D eigenvalue weighted by molar-refractivity contribution is 0.334. The Balaban J connectivity index is 1.81. The standard InChI is InChI=1S/C18H16F2N6O/c1-12(26-18(27)25-6-2-3-14(25)8-22-26)16(9-24-11-21-10-23-24)15-5-4-13(19)7-17(15)20/h2-8,10-12,16H,9H2,1H3. The third-order valence-electron chi connectivity index (χ3n) is 4.68. The molecular formula is C18H16F2N6O. The van der Waals surface area contributed by atoms with E-state index in [1.54, 1.807) is 36.1 Å². The van der Waals surface area contributed by atoms with E-state index in [0.717, 1.165) is 6.07 Å². The maximum Gasteiger partial charge on any atom is 0.349 e. The Morgan fingerprint density at radius 2 is 2.04 bits per heavy atom. The number of benzene rings is 1. The molecule has 1 aromatic carbocycles. The van der Waals surface area contributed by atoms with E-state index in [1.807, 2.05) is 0 Å². The highest BCUT2D eigenvalue weighted by atomic mass is 19.1. The van der Waals surface area contributed by atoms with Crippen LogP contribution in [0, 0.1) is 11.6 Å². The number of rotatable bonds is 5. The maximum atomic E-state index is 14.5. The lowest BCUT2D eigenvalue weighted by atomic mass is 9.91. The van der Waals surface area contributed by atoms with Gasteiger partial charge in [-0.15, -0.1) is 0 Å². The van der Waals surface area contributed by atoms with E-state index >= 15 is 0 Å². The average Bonchev–Trinajstić information content (AvgIpc) is 3.32. The molecule has 0 aliphatic heterocycles. The van der Waals surface area contributed by atoms with Crippen LogP contribution in [-0.4, -0.2) is 28.9 Å². The van der Waals surface area contributed by atoms with Gasteiger partial charge in [0.2, 0.25) is 0 Å². The van der Waals surface area contributed by atoms with Gasteiger partial charge in [-0.1, -0.05) is 6.07 Å². The van der Waals surface area contributed by atoms with Crippen LogP contribution >= 0.6 is 0 Å². The van der Waals surface area contributed by atoms with E-state index in [9.17, 15) is 13.6 Å². The third kappa shape index (κ3) is 3.12. The van der Waals surface area contributed by atoms with Crippen molar-refractivity contribution < 1.29 is 8.78 Å². The molecule has 0 amide bonds. The molecule has 2 unspecified atom stereocenters. The lowest BCUT2D eigenvalue weighted by Gasteiger charge is -2.25.